The number of sulfone groups is 1. The van der Waals surface area contributed by atoms with E-state index < -0.39 is 19.8 Å². The highest BCUT2D eigenvalue weighted by Gasteiger charge is 2.31. The molecule has 17 heavy (non-hydrogen) atoms. The Bertz CT molecular complexity index is 535. The second kappa shape index (κ2) is 4.96. The van der Waals surface area contributed by atoms with Crippen LogP contribution in [-0.4, -0.2) is 32.3 Å². The molecule has 0 heterocycles. The molecule has 92 valence electrons. The lowest BCUT2D eigenvalue weighted by atomic mass is 10.4. The fourth-order valence-electron chi connectivity index (χ4n) is 1.16. The van der Waals surface area contributed by atoms with E-state index in [1.165, 1.54) is 43.3 Å². The Hall–Kier alpha value is -1.89. The van der Waals surface area contributed by atoms with Gasteiger partial charge in [0.2, 0.25) is 0 Å². The first kappa shape index (κ1) is 13.2. The third-order valence-electron chi connectivity index (χ3n) is 1.88. The van der Waals surface area contributed by atoms with Gasteiger partial charge in [-0.25, -0.2) is 8.42 Å². The van der Waals surface area contributed by atoms with E-state index in [-0.39, 0.29) is 4.90 Å². The largest absolute Gasteiger partial charge is 0.379 e. The topological polar surface area (TPSA) is 80.5 Å². The molecule has 1 aromatic carbocycles. The molecule has 1 rings (SSSR count). The number of benzene rings is 1. The highest BCUT2D eigenvalue weighted by molar-refractivity contribution is 7.95. The van der Waals surface area contributed by atoms with E-state index in [9.17, 15) is 18.5 Å². The summed E-state index contributed by atoms with van der Waals surface area (Å²) in [5.41, 5.74) is 0. The van der Waals surface area contributed by atoms with Gasteiger partial charge in [-0.3, -0.25) is 10.1 Å². The lowest BCUT2D eigenvalue weighted by molar-refractivity contribution is -0.412. The first-order valence-corrected chi connectivity index (χ1v) is 6.17. The minimum absolute atomic E-state index is 0.0928. The van der Waals surface area contributed by atoms with Crippen molar-refractivity contribution < 1.29 is 13.3 Å². The van der Waals surface area contributed by atoms with Crippen LogP contribution in [-0.2, 0) is 9.84 Å². The van der Waals surface area contributed by atoms with Crippen molar-refractivity contribution in [2.75, 3.05) is 14.1 Å². The van der Waals surface area contributed by atoms with Crippen LogP contribution in [0.2, 0.25) is 0 Å². The van der Waals surface area contributed by atoms with Crippen LogP contribution in [0.15, 0.2) is 46.5 Å². The SMILES string of the molecule is CN(C)/C=C(\[N+](=O)[O-])S(=O)(=O)c1ccccc1. The quantitative estimate of drug-likeness (QED) is 0.595. The zero-order valence-corrected chi connectivity index (χ0v) is 10.2. The van der Waals surface area contributed by atoms with E-state index in [2.05, 4.69) is 0 Å². The molecule has 7 heteroatoms. The third kappa shape index (κ3) is 3.04. The van der Waals surface area contributed by atoms with Crippen molar-refractivity contribution in [1.82, 2.24) is 4.90 Å². The molecular weight excluding hydrogens is 244 g/mol. The predicted octanol–water partition coefficient (Wildman–Crippen LogP) is 1.10. The Balaban J connectivity index is 3.34. The van der Waals surface area contributed by atoms with E-state index in [1.807, 2.05) is 0 Å². The van der Waals surface area contributed by atoms with Crippen LogP contribution in [0.1, 0.15) is 0 Å². The van der Waals surface area contributed by atoms with Crippen LogP contribution in [0.3, 0.4) is 0 Å². The van der Waals surface area contributed by atoms with E-state index in [1.54, 1.807) is 6.07 Å². The van der Waals surface area contributed by atoms with E-state index >= 15 is 0 Å². The Morgan fingerprint density at radius 2 is 1.82 bits per heavy atom. The van der Waals surface area contributed by atoms with Gasteiger partial charge in [-0.15, -0.1) is 0 Å². The summed E-state index contributed by atoms with van der Waals surface area (Å²) < 4.78 is 23.9. The third-order valence-corrected chi connectivity index (χ3v) is 3.58. The van der Waals surface area contributed by atoms with Crippen LogP contribution in [0.5, 0.6) is 0 Å². The molecule has 0 amide bonds. The molecule has 0 radical (unpaired) electrons. The Kier molecular flexibility index (Phi) is 3.84. The summed E-state index contributed by atoms with van der Waals surface area (Å²) >= 11 is 0. The molecule has 0 saturated carbocycles. The van der Waals surface area contributed by atoms with Gasteiger partial charge in [-0.1, -0.05) is 18.2 Å². The number of nitrogens with zero attached hydrogens (tertiary/aromatic N) is 2. The lowest BCUT2D eigenvalue weighted by Gasteiger charge is -2.06. The second-order valence-corrected chi connectivity index (χ2v) is 5.40. The molecule has 0 saturated heterocycles. The fraction of sp³-hybridized carbons (Fsp3) is 0.200. The minimum Gasteiger partial charge on any atom is -0.377 e. The molecule has 0 aliphatic carbocycles. The zero-order chi connectivity index (χ0) is 13.1. The summed E-state index contributed by atoms with van der Waals surface area (Å²) in [5.74, 6) is 0. The summed E-state index contributed by atoms with van der Waals surface area (Å²) in [5, 5.41) is 9.95. The van der Waals surface area contributed by atoms with Gasteiger partial charge in [0.05, 0.1) is 16.0 Å². The molecule has 0 aliphatic heterocycles. The Morgan fingerprint density at radius 3 is 2.24 bits per heavy atom. The summed E-state index contributed by atoms with van der Waals surface area (Å²) in [6.07, 6.45) is 0.975. The van der Waals surface area contributed by atoms with Gasteiger partial charge in [0.15, 0.2) is 0 Å². The highest BCUT2D eigenvalue weighted by atomic mass is 32.2. The Morgan fingerprint density at radius 1 is 1.29 bits per heavy atom. The van der Waals surface area contributed by atoms with Crippen LogP contribution in [0, 0.1) is 10.1 Å². The highest BCUT2D eigenvalue weighted by Crippen LogP contribution is 2.19. The number of hydrogen-bond acceptors (Lipinski definition) is 5. The number of nitro groups is 1. The van der Waals surface area contributed by atoms with Crippen LogP contribution in [0.25, 0.3) is 0 Å². The summed E-state index contributed by atoms with van der Waals surface area (Å²) in [4.78, 5) is 11.1. The molecular formula is C10H12N2O4S. The average molecular weight is 256 g/mol. The lowest BCUT2D eigenvalue weighted by Crippen LogP contribution is -2.16. The molecule has 0 bridgehead atoms. The summed E-state index contributed by atoms with van der Waals surface area (Å²) in [6.45, 7) is 0. The molecule has 0 unspecified atom stereocenters. The fourth-order valence-corrected chi connectivity index (χ4v) is 2.46. The zero-order valence-electron chi connectivity index (χ0n) is 9.40. The normalized spacial score (nSPS) is 12.2. The smallest absolute Gasteiger partial charge is 0.377 e. The van der Waals surface area contributed by atoms with Gasteiger partial charge in [0, 0.05) is 14.1 Å². The maximum absolute atomic E-state index is 12.0. The van der Waals surface area contributed by atoms with Crippen molar-refractivity contribution in [3.05, 3.63) is 51.7 Å². The maximum Gasteiger partial charge on any atom is 0.379 e. The molecule has 0 atom stereocenters. The molecule has 0 spiro atoms. The standard InChI is InChI=1S/C10H12N2O4S/c1-11(2)8-10(12(13)14)17(15,16)9-6-4-3-5-7-9/h3-8H,1-2H3/b10-8+. The van der Waals surface area contributed by atoms with Gasteiger partial charge in [-0.2, -0.15) is 0 Å². The van der Waals surface area contributed by atoms with Crippen molar-refractivity contribution in [1.29, 1.82) is 0 Å². The number of rotatable bonds is 4. The van der Waals surface area contributed by atoms with Gasteiger partial charge in [-0.05, 0) is 12.1 Å². The van der Waals surface area contributed by atoms with Gasteiger partial charge in [0.1, 0.15) is 0 Å². The molecule has 1 aromatic rings. The van der Waals surface area contributed by atoms with Crippen LogP contribution >= 0.6 is 0 Å². The van der Waals surface area contributed by atoms with E-state index in [4.69, 9.17) is 0 Å². The summed E-state index contributed by atoms with van der Waals surface area (Å²) in [6, 6.07) is 7.31. The van der Waals surface area contributed by atoms with Crippen LogP contribution in [0.4, 0.5) is 0 Å². The number of hydrogen-bond donors (Lipinski definition) is 0. The monoisotopic (exact) mass is 256 g/mol. The van der Waals surface area contributed by atoms with E-state index in [0.29, 0.717) is 0 Å². The summed E-state index contributed by atoms with van der Waals surface area (Å²) in [7, 11) is -1.04. The van der Waals surface area contributed by atoms with Gasteiger partial charge >= 0.3 is 5.03 Å². The van der Waals surface area contributed by atoms with Crippen molar-refractivity contribution in [2.24, 2.45) is 0 Å². The Labute approximate surface area is 99.2 Å². The molecule has 0 aliphatic rings. The maximum atomic E-state index is 12.0. The van der Waals surface area contributed by atoms with Crippen molar-refractivity contribution in [3.63, 3.8) is 0 Å². The molecule has 6 nitrogen and oxygen atoms in total. The van der Waals surface area contributed by atoms with Crippen molar-refractivity contribution >= 4 is 9.84 Å². The van der Waals surface area contributed by atoms with Crippen molar-refractivity contribution in [3.8, 4) is 0 Å². The minimum atomic E-state index is -4.08. The second-order valence-electron chi connectivity index (χ2n) is 3.50. The molecule has 0 aromatic heterocycles. The van der Waals surface area contributed by atoms with Crippen LogP contribution < -0.4 is 0 Å². The molecule has 0 N–H and O–H groups in total. The van der Waals surface area contributed by atoms with E-state index in [0.717, 1.165) is 6.20 Å². The van der Waals surface area contributed by atoms with Gasteiger partial charge in [0.25, 0.3) is 9.84 Å². The first-order chi connectivity index (χ1) is 7.85. The van der Waals surface area contributed by atoms with Gasteiger partial charge < -0.3 is 4.90 Å². The molecule has 0 fully saturated rings. The van der Waals surface area contributed by atoms with Crippen molar-refractivity contribution in [2.45, 2.75) is 4.90 Å². The predicted molar refractivity (Wildman–Crippen MR) is 62.4 cm³/mol. The first-order valence-electron chi connectivity index (χ1n) is 4.68. The average Bonchev–Trinajstić information content (AvgIpc) is 2.26.